The Balaban J connectivity index is 1.95. The summed E-state index contributed by atoms with van der Waals surface area (Å²) in [6.45, 7) is 6.40. The number of hydrogen-bond acceptors (Lipinski definition) is 3. The maximum absolute atomic E-state index is 12.0. The molecule has 1 amide bonds. The van der Waals surface area contributed by atoms with E-state index in [1.165, 1.54) is 0 Å². The zero-order chi connectivity index (χ0) is 16.3. The van der Waals surface area contributed by atoms with E-state index in [1.807, 2.05) is 39.0 Å². The van der Waals surface area contributed by atoms with E-state index in [-0.39, 0.29) is 5.69 Å². The van der Waals surface area contributed by atoms with Gasteiger partial charge in [-0.3, -0.25) is 4.57 Å². The van der Waals surface area contributed by atoms with Crippen LogP contribution in [0.5, 0.6) is 0 Å². The monoisotopic (exact) mass is 369 g/mol. The number of aryl methyl sites for hydroxylation is 1. The summed E-state index contributed by atoms with van der Waals surface area (Å²) < 4.78 is 7.68. The molecule has 2 rings (SSSR count). The number of para-hydroxylation sites is 1. The zero-order valence-corrected chi connectivity index (χ0v) is 14.5. The number of carbonyl (C=O) groups is 1. The lowest BCUT2D eigenvalue weighted by atomic mass is 10.2. The number of fused-ring (bicyclic) bond motifs is 1. The summed E-state index contributed by atoms with van der Waals surface area (Å²) in [5.74, 6) is 0. The quantitative estimate of drug-likeness (QED) is 0.813. The molecule has 1 heterocycles. The van der Waals surface area contributed by atoms with Gasteiger partial charge in [0.15, 0.2) is 0 Å². The Morgan fingerprint density at radius 3 is 2.82 bits per heavy atom. The highest BCUT2D eigenvalue weighted by Crippen LogP contribution is 2.21. The largest absolute Gasteiger partial charge is 0.444 e. The number of H-pyrrole nitrogens is 1. The summed E-state index contributed by atoms with van der Waals surface area (Å²) in [4.78, 5) is 26.3. The molecular weight excluding hydrogens is 350 g/mol. The molecule has 7 heteroatoms. The molecule has 0 aliphatic carbocycles. The number of aromatic amines is 1. The first kappa shape index (κ1) is 16.6. The van der Waals surface area contributed by atoms with Gasteiger partial charge in [0.25, 0.3) is 0 Å². The van der Waals surface area contributed by atoms with E-state index >= 15 is 0 Å². The summed E-state index contributed by atoms with van der Waals surface area (Å²) in [7, 11) is 0. The Kier molecular flexibility index (Phi) is 4.95. The highest BCUT2D eigenvalue weighted by Gasteiger charge is 2.15. The van der Waals surface area contributed by atoms with Gasteiger partial charge in [-0.25, -0.2) is 9.59 Å². The number of nitrogens with zero attached hydrogens (tertiary/aromatic N) is 1. The van der Waals surface area contributed by atoms with Crippen LogP contribution in [0.15, 0.2) is 27.5 Å². The van der Waals surface area contributed by atoms with Crippen molar-refractivity contribution in [3.8, 4) is 0 Å². The number of halogens is 1. The Hall–Kier alpha value is -1.76. The molecule has 1 aromatic heterocycles. The molecule has 0 atom stereocenters. The first-order valence-electron chi connectivity index (χ1n) is 7.12. The normalized spacial score (nSPS) is 11.6. The second-order valence-corrected chi connectivity index (χ2v) is 6.85. The van der Waals surface area contributed by atoms with Crippen LogP contribution >= 0.6 is 15.9 Å². The molecule has 2 N–H and O–H groups in total. The van der Waals surface area contributed by atoms with Gasteiger partial charge in [0.05, 0.1) is 11.0 Å². The van der Waals surface area contributed by atoms with Gasteiger partial charge < -0.3 is 15.0 Å². The van der Waals surface area contributed by atoms with E-state index in [1.54, 1.807) is 4.57 Å². The fourth-order valence-electron chi connectivity index (χ4n) is 2.13. The molecule has 120 valence electrons. The highest BCUT2D eigenvalue weighted by atomic mass is 79.9. The van der Waals surface area contributed by atoms with E-state index in [0.717, 1.165) is 15.5 Å². The third-order valence-corrected chi connectivity index (χ3v) is 3.61. The lowest BCUT2D eigenvalue weighted by molar-refractivity contribution is 0.0527. The van der Waals surface area contributed by atoms with Crippen molar-refractivity contribution in [1.82, 2.24) is 14.9 Å². The third kappa shape index (κ3) is 4.13. The molecule has 0 unspecified atom stereocenters. The summed E-state index contributed by atoms with van der Waals surface area (Å²) in [6.07, 6.45) is 0.188. The van der Waals surface area contributed by atoms with E-state index in [0.29, 0.717) is 19.5 Å². The summed E-state index contributed by atoms with van der Waals surface area (Å²) >= 11 is 3.46. The fourth-order valence-corrected chi connectivity index (χ4v) is 2.71. The molecule has 0 spiro atoms. The average molecular weight is 370 g/mol. The number of ether oxygens (including phenoxy) is 1. The zero-order valence-electron chi connectivity index (χ0n) is 12.9. The van der Waals surface area contributed by atoms with Crippen molar-refractivity contribution in [1.29, 1.82) is 0 Å². The van der Waals surface area contributed by atoms with E-state index in [4.69, 9.17) is 4.74 Å². The Labute approximate surface area is 137 Å². The maximum Gasteiger partial charge on any atom is 0.407 e. The number of aromatic nitrogens is 2. The molecule has 0 aliphatic rings. The number of imidazole rings is 1. The highest BCUT2D eigenvalue weighted by molar-refractivity contribution is 9.10. The van der Waals surface area contributed by atoms with Crippen molar-refractivity contribution in [2.75, 3.05) is 6.54 Å². The van der Waals surface area contributed by atoms with Gasteiger partial charge in [0.1, 0.15) is 5.60 Å². The van der Waals surface area contributed by atoms with Crippen LogP contribution in [-0.2, 0) is 11.3 Å². The molecular formula is C15H20BrN3O3. The number of benzene rings is 1. The summed E-state index contributed by atoms with van der Waals surface area (Å²) in [5.41, 5.74) is 0.964. The lowest BCUT2D eigenvalue weighted by Gasteiger charge is -2.19. The smallest absolute Gasteiger partial charge is 0.407 e. The molecule has 0 saturated heterocycles. The van der Waals surface area contributed by atoms with Crippen molar-refractivity contribution in [2.45, 2.75) is 39.3 Å². The average Bonchev–Trinajstić information content (AvgIpc) is 2.70. The third-order valence-electron chi connectivity index (χ3n) is 2.97. The molecule has 22 heavy (non-hydrogen) atoms. The van der Waals surface area contributed by atoms with Crippen LogP contribution in [0.25, 0.3) is 11.0 Å². The van der Waals surface area contributed by atoms with Crippen molar-refractivity contribution >= 4 is 33.1 Å². The van der Waals surface area contributed by atoms with Crippen molar-refractivity contribution in [2.24, 2.45) is 0 Å². The van der Waals surface area contributed by atoms with Crippen molar-refractivity contribution < 1.29 is 9.53 Å². The Morgan fingerprint density at radius 1 is 1.41 bits per heavy atom. The SMILES string of the molecule is CC(C)(C)OC(=O)NCCCn1c(=O)[nH]c2cccc(Br)c21. The number of carbonyl (C=O) groups excluding carboxylic acids is 1. The van der Waals surface area contributed by atoms with Gasteiger partial charge in [-0.2, -0.15) is 0 Å². The van der Waals surface area contributed by atoms with Gasteiger partial charge in [-0.05, 0) is 55.3 Å². The first-order valence-corrected chi connectivity index (χ1v) is 7.91. The topological polar surface area (TPSA) is 76.1 Å². The van der Waals surface area contributed by atoms with E-state index in [2.05, 4.69) is 26.2 Å². The number of rotatable bonds is 4. The predicted molar refractivity (Wildman–Crippen MR) is 89.1 cm³/mol. The van der Waals surface area contributed by atoms with Gasteiger partial charge >= 0.3 is 11.8 Å². The molecule has 0 saturated carbocycles. The predicted octanol–water partition coefficient (Wildman–Crippen LogP) is 3.01. The second kappa shape index (κ2) is 6.56. The minimum atomic E-state index is -0.511. The summed E-state index contributed by atoms with van der Waals surface area (Å²) in [6, 6.07) is 5.62. The molecule has 0 fully saturated rings. The number of alkyl carbamates (subject to hydrolysis) is 1. The minimum absolute atomic E-state index is 0.154. The maximum atomic E-state index is 12.0. The number of hydrogen-bond donors (Lipinski definition) is 2. The molecule has 1 aromatic carbocycles. The molecule has 0 bridgehead atoms. The van der Waals surface area contributed by atoms with Gasteiger partial charge in [0.2, 0.25) is 0 Å². The summed E-state index contributed by atoms with van der Waals surface area (Å²) in [5, 5.41) is 2.69. The Bertz CT molecular complexity index is 728. The van der Waals surface area contributed by atoms with Crippen LogP contribution < -0.4 is 11.0 Å². The Morgan fingerprint density at radius 2 is 2.14 bits per heavy atom. The van der Waals surface area contributed by atoms with Crippen LogP contribution in [0.2, 0.25) is 0 Å². The molecule has 0 aliphatic heterocycles. The molecule has 6 nitrogen and oxygen atoms in total. The fraction of sp³-hybridized carbons (Fsp3) is 0.467. The van der Waals surface area contributed by atoms with Crippen LogP contribution in [0.1, 0.15) is 27.2 Å². The standard InChI is InChI=1S/C15H20BrN3O3/c1-15(2,3)22-14(21)17-8-5-9-19-12-10(16)6-4-7-11(12)18-13(19)20/h4,6-7H,5,8-9H2,1-3H3,(H,17,21)(H,18,20). The van der Waals surface area contributed by atoms with Gasteiger partial charge in [0, 0.05) is 17.6 Å². The molecule has 2 aromatic rings. The minimum Gasteiger partial charge on any atom is -0.444 e. The van der Waals surface area contributed by atoms with Crippen molar-refractivity contribution in [3.05, 3.63) is 33.2 Å². The first-order chi connectivity index (χ1) is 10.3. The number of amides is 1. The van der Waals surface area contributed by atoms with Crippen molar-refractivity contribution in [3.63, 3.8) is 0 Å². The van der Waals surface area contributed by atoms with E-state index in [9.17, 15) is 9.59 Å². The van der Waals surface area contributed by atoms with Crippen LogP contribution in [0, 0.1) is 0 Å². The lowest BCUT2D eigenvalue weighted by Crippen LogP contribution is -2.33. The van der Waals surface area contributed by atoms with Crippen LogP contribution in [0.3, 0.4) is 0 Å². The van der Waals surface area contributed by atoms with Crippen LogP contribution in [-0.4, -0.2) is 27.8 Å². The van der Waals surface area contributed by atoms with Crippen LogP contribution in [0.4, 0.5) is 4.79 Å². The van der Waals surface area contributed by atoms with E-state index < -0.39 is 11.7 Å². The molecule has 0 radical (unpaired) electrons. The van der Waals surface area contributed by atoms with Gasteiger partial charge in [-0.1, -0.05) is 6.07 Å². The number of nitrogens with one attached hydrogen (secondary N) is 2. The van der Waals surface area contributed by atoms with Gasteiger partial charge in [-0.15, -0.1) is 0 Å². The second-order valence-electron chi connectivity index (χ2n) is 6.00.